The molecule has 4 heteroatoms. The molecule has 1 aromatic carbocycles. The van der Waals surface area contributed by atoms with E-state index in [1.54, 1.807) is 24.3 Å². The van der Waals surface area contributed by atoms with E-state index in [1.807, 2.05) is 6.08 Å². The number of benzene rings is 1. The minimum atomic E-state index is -0.449. The van der Waals surface area contributed by atoms with Crippen molar-refractivity contribution in [1.82, 2.24) is 0 Å². The van der Waals surface area contributed by atoms with E-state index in [2.05, 4.69) is 41.2 Å². The van der Waals surface area contributed by atoms with E-state index in [1.165, 1.54) is 0 Å². The molecular formula is C27H38O4. The van der Waals surface area contributed by atoms with E-state index in [0.29, 0.717) is 17.4 Å². The largest absolute Gasteiger partial charge is 0.459 e. The molecule has 0 radical (unpaired) electrons. The Labute approximate surface area is 187 Å². The van der Waals surface area contributed by atoms with Gasteiger partial charge in [-0.3, -0.25) is 0 Å². The molecule has 0 N–H and O–H groups in total. The van der Waals surface area contributed by atoms with Crippen molar-refractivity contribution < 1.29 is 19.1 Å². The van der Waals surface area contributed by atoms with Crippen LogP contribution in [0.15, 0.2) is 36.9 Å². The molecule has 0 saturated heterocycles. The Morgan fingerprint density at radius 1 is 0.871 bits per heavy atom. The fraction of sp³-hybridized carbons (Fsp3) is 0.630. The zero-order valence-electron chi connectivity index (χ0n) is 19.8. The van der Waals surface area contributed by atoms with Crippen molar-refractivity contribution in [3.8, 4) is 0 Å². The molecule has 0 unspecified atom stereocenters. The predicted molar refractivity (Wildman–Crippen MR) is 123 cm³/mol. The van der Waals surface area contributed by atoms with Crippen molar-refractivity contribution >= 4 is 11.9 Å². The maximum absolute atomic E-state index is 13.0. The molecule has 0 heterocycles. The van der Waals surface area contributed by atoms with Crippen molar-refractivity contribution in [2.45, 2.75) is 85.4 Å². The number of ether oxygens (including phenoxy) is 2. The molecule has 0 aliphatic heterocycles. The van der Waals surface area contributed by atoms with Gasteiger partial charge >= 0.3 is 11.9 Å². The summed E-state index contributed by atoms with van der Waals surface area (Å²) in [4.78, 5) is 26.0. The second-order valence-electron chi connectivity index (χ2n) is 11.3. The average Bonchev–Trinajstić information content (AvgIpc) is 2.64. The van der Waals surface area contributed by atoms with Crippen LogP contribution in [-0.2, 0) is 9.47 Å². The first-order valence-electron chi connectivity index (χ1n) is 11.6. The number of hydrogen-bond acceptors (Lipinski definition) is 4. The first-order valence-corrected chi connectivity index (χ1v) is 11.6. The molecule has 0 aromatic heterocycles. The zero-order valence-corrected chi connectivity index (χ0v) is 19.8. The van der Waals surface area contributed by atoms with Crippen LogP contribution in [-0.4, -0.2) is 24.1 Å². The number of hydrogen-bond donors (Lipinski definition) is 0. The molecule has 2 aliphatic rings. The van der Waals surface area contributed by atoms with Crippen LogP contribution in [0.2, 0.25) is 0 Å². The highest BCUT2D eigenvalue weighted by molar-refractivity contribution is 6.03. The molecule has 3 rings (SSSR count). The average molecular weight is 427 g/mol. The van der Waals surface area contributed by atoms with Crippen LogP contribution >= 0.6 is 0 Å². The van der Waals surface area contributed by atoms with Crippen LogP contribution in [0.25, 0.3) is 0 Å². The topological polar surface area (TPSA) is 52.6 Å². The van der Waals surface area contributed by atoms with Crippen LogP contribution < -0.4 is 0 Å². The van der Waals surface area contributed by atoms with Crippen LogP contribution in [0.3, 0.4) is 0 Å². The van der Waals surface area contributed by atoms with Gasteiger partial charge in [0.05, 0.1) is 11.1 Å². The third kappa shape index (κ3) is 6.21. The molecule has 0 bridgehead atoms. The molecule has 2 aliphatic carbocycles. The Bertz CT molecular complexity index is 822. The number of carbonyl (C=O) groups is 2. The van der Waals surface area contributed by atoms with Gasteiger partial charge in [0.2, 0.25) is 0 Å². The van der Waals surface area contributed by atoms with E-state index in [9.17, 15) is 9.59 Å². The Morgan fingerprint density at radius 2 is 1.35 bits per heavy atom. The predicted octanol–water partition coefficient (Wildman–Crippen LogP) is 6.60. The summed E-state index contributed by atoms with van der Waals surface area (Å²) in [6, 6.07) is 6.84. The molecule has 2 fully saturated rings. The Balaban J connectivity index is 1.71. The van der Waals surface area contributed by atoms with Crippen molar-refractivity contribution in [1.29, 1.82) is 0 Å². The van der Waals surface area contributed by atoms with Crippen LogP contribution in [0.5, 0.6) is 0 Å². The first-order chi connectivity index (χ1) is 14.5. The van der Waals surface area contributed by atoms with Gasteiger partial charge in [-0.25, -0.2) is 9.59 Å². The van der Waals surface area contributed by atoms with Gasteiger partial charge in [-0.15, -0.1) is 6.58 Å². The Hall–Kier alpha value is -2.10. The fourth-order valence-corrected chi connectivity index (χ4v) is 5.80. The minimum Gasteiger partial charge on any atom is -0.459 e. The summed E-state index contributed by atoms with van der Waals surface area (Å²) in [7, 11) is 0. The summed E-state index contributed by atoms with van der Waals surface area (Å²) in [6.07, 6.45) is 7.13. The molecule has 170 valence electrons. The minimum absolute atomic E-state index is 0.0883. The van der Waals surface area contributed by atoms with Gasteiger partial charge in [0.1, 0.15) is 12.2 Å². The summed E-state index contributed by atoms with van der Waals surface area (Å²) in [5, 5.41) is 0. The lowest BCUT2D eigenvalue weighted by molar-refractivity contribution is -0.00996. The van der Waals surface area contributed by atoms with E-state index in [4.69, 9.17) is 9.47 Å². The lowest BCUT2D eigenvalue weighted by atomic mass is 9.71. The summed E-state index contributed by atoms with van der Waals surface area (Å²) in [5.74, 6) is -0.0431. The van der Waals surface area contributed by atoms with E-state index < -0.39 is 11.9 Å². The zero-order chi connectivity index (χ0) is 22.8. The molecule has 1 aromatic rings. The van der Waals surface area contributed by atoms with Gasteiger partial charge in [0.25, 0.3) is 0 Å². The Morgan fingerprint density at radius 3 is 1.84 bits per heavy atom. The summed E-state index contributed by atoms with van der Waals surface area (Å²) in [5.41, 5.74) is 0.814. The normalized spacial score (nSPS) is 29.6. The molecule has 0 amide bonds. The first kappa shape index (κ1) is 23.6. The molecular weight excluding hydrogens is 388 g/mol. The fourth-order valence-electron chi connectivity index (χ4n) is 5.80. The van der Waals surface area contributed by atoms with Gasteiger partial charge in [0, 0.05) is 0 Å². The van der Waals surface area contributed by atoms with Crippen molar-refractivity contribution in [2.24, 2.45) is 22.7 Å². The smallest absolute Gasteiger partial charge is 0.339 e. The molecule has 31 heavy (non-hydrogen) atoms. The lowest BCUT2D eigenvalue weighted by Crippen LogP contribution is -2.35. The third-order valence-corrected chi connectivity index (χ3v) is 6.75. The number of rotatable bonds is 5. The van der Waals surface area contributed by atoms with Gasteiger partial charge in [-0.2, -0.15) is 0 Å². The molecule has 2 saturated carbocycles. The summed E-state index contributed by atoms with van der Waals surface area (Å²) >= 11 is 0. The van der Waals surface area contributed by atoms with Crippen molar-refractivity contribution in [2.75, 3.05) is 0 Å². The number of esters is 2. The third-order valence-electron chi connectivity index (χ3n) is 6.75. The highest BCUT2D eigenvalue weighted by atomic mass is 16.6. The second-order valence-corrected chi connectivity index (χ2v) is 11.3. The van der Waals surface area contributed by atoms with Gasteiger partial charge in [0.15, 0.2) is 0 Å². The second kappa shape index (κ2) is 9.18. The monoisotopic (exact) mass is 426 g/mol. The highest BCUT2D eigenvalue weighted by Gasteiger charge is 2.36. The maximum atomic E-state index is 13.0. The molecule has 0 spiro atoms. The van der Waals surface area contributed by atoms with E-state index in [-0.39, 0.29) is 28.6 Å². The van der Waals surface area contributed by atoms with Crippen LogP contribution in [0.1, 0.15) is 93.9 Å². The van der Waals surface area contributed by atoms with Gasteiger partial charge in [-0.05, 0) is 73.3 Å². The summed E-state index contributed by atoms with van der Waals surface area (Å²) < 4.78 is 11.8. The quantitative estimate of drug-likeness (QED) is 0.393. The number of carbonyl (C=O) groups excluding carboxylic acids is 2. The maximum Gasteiger partial charge on any atom is 0.339 e. The van der Waals surface area contributed by atoms with Gasteiger partial charge < -0.3 is 9.47 Å². The van der Waals surface area contributed by atoms with E-state index >= 15 is 0 Å². The molecule has 4 nitrogen and oxygen atoms in total. The van der Waals surface area contributed by atoms with E-state index in [0.717, 1.165) is 38.5 Å². The van der Waals surface area contributed by atoms with Crippen molar-refractivity contribution in [3.05, 3.63) is 48.0 Å². The SMILES string of the molecule is C=C[C@@H]1C[C@H](OC(=O)c2ccccc2C(=O)O[C@@H]2C[C@H](C)CC(C)(C)C2)CC(C)(C)C1. The van der Waals surface area contributed by atoms with Crippen molar-refractivity contribution in [3.63, 3.8) is 0 Å². The van der Waals surface area contributed by atoms with Gasteiger partial charge in [-0.1, -0.05) is 52.8 Å². The highest BCUT2D eigenvalue weighted by Crippen LogP contribution is 2.41. The summed E-state index contributed by atoms with van der Waals surface area (Å²) in [6.45, 7) is 15.0. The number of allylic oxidation sites excluding steroid dienone is 1. The van der Waals surface area contributed by atoms with Crippen LogP contribution in [0.4, 0.5) is 0 Å². The standard InChI is InChI=1S/C27H38O4/c1-7-19-13-21(17-27(5,6)15-19)31-25(29)23-11-9-8-10-22(23)24(28)30-20-12-18(2)14-26(3,4)16-20/h7-11,18-21H,1,12-17H2,2-6H3/t18-,19+,20+,21-/m0/s1. The molecule has 4 atom stereocenters. The lowest BCUT2D eigenvalue weighted by Gasteiger charge is -2.39. The van der Waals surface area contributed by atoms with Crippen LogP contribution in [0, 0.1) is 22.7 Å². The Kier molecular flexibility index (Phi) is 6.98.